The molecule has 6 heteroatoms. The highest BCUT2D eigenvalue weighted by molar-refractivity contribution is 5.89. The van der Waals surface area contributed by atoms with Gasteiger partial charge in [0.2, 0.25) is 0 Å². The normalized spacial score (nSPS) is 9.96. The first-order valence-corrected chi connectivity index (χ1v) is 6.92. The summed E-state index contributed by atoms with van der Waals surface area (Å²) in [6, 6.07) is 9.30. The second kappa shape index (κ2) is 11.4. The molecule has 1 aromatic carbocycles. The molecule has 0 amide bonds. The van der Waals surface area contributed by atoms with Gasteiger partial charge in [-0.25, -0.2) is 14.4 Å². The van der Waals surface area contributed by atoms with Gasteiger partial charge in [-0.1, -0.05) is 49.6 Å². The fourth-order valence-electron chi connectivity index (χ4n) is 1.27. The largest absolute Gasteiger partial charge is 0.478 e. The summed E-state index contributed by atoms with van der Waals surface area (Å²) in [5.41, 5.74) is 1.30. The van der Waals surface area contributed by atoms with Gasteiger partial charge in [-0.15, -0.1) is 0 Å². The summed E-state index contributed by atoms with van der Waals surface area (Å²) in [7, 11) is 0. The van der Waals surface area contributed by atoms with E-state index in [0.29, 0.717) is 0 Å². The van der Waals surface area contributed by atoms with Crippen LogP contribution in [0.15, 0.2) is 66.8 Å². The zero-order chi connectivity index (χ0) is 18.5. The fourth-order valence-corrected chi connectivity index (χ4v) is 1.27. The number of benzene rings is 1. The van der Waals surface area contributed by atoms with E-state index in [1.165, 1.54) is 13.0 Å². The Morgan fingerprint density at radius 3 is 2.17 bits per heavy atom. The lowest BCUT2D eigenvalue weighted by atomic mass is 10.1. The molecule has 0 saturated heterocycles. The van der Waals surface area contributed by atoms with Crippen molar-refractivity contribution in [3.8, 4) is 0 Å². The molecule has 0 heterocycles. The zero-order valence-electron chi connectivity index (χ0n) is 13.4. The van der Waals surface area contributed by atoms with Crippen molar-refractivity contribution in [2.75, 3.05) is 0 Å². The average Bonchev–Trinajstić information content (AvgIpc) is 2.58. The number of carbonyl (C=O) groups excluding carboxylic acids is 1. The Morgan fingerprint density at radius 1 is 1.17 bits per heavy atom. The minimum Gasteiger partial charge on any atom is -0.478 e. The molecule has 0 atom stereocenters. The maximum atomic E-state index is 11.6. The molecule has 0 spiro atoms. The van der Waals surface area contributed by atoms with Gasteiger partial charge < -0.3 is 14.9 Å². The lowest BCUT2D eigenvalue weighted by Crippen LogP contribution is -2.07. The van der Waals surface area contributed by atoms with Crippen molar-refractivity contribution < 1.29 is 29.3 Å². The van der Waals surface area contributed by atoms with E-state index in [4.69, 9.17) is 14.9 Å². The van der Waals surface area contributed by atoms with Crippen LogP contribution in [-0.2, 0) is 25.7 Å². The first-order chi connectivity index (χ1) is 11.3. The molecular formula is C18H20O6. The van der Waals surface area contributed by atoms with E-state index < -0.39 is 17.9 Å². The quantitative estimate of drug-likeness (QED) is 0.588. The van der Waals surface area contributed by atoms with Crippen LogP contribution in [0.3, 0.4) is 0 Å². The van der Waals surface area contributed by atoms with E-state index in [1.54, 1.807) is 0 Å². The predicted octanol–water partition coefficient (Wildman–Crippen LogP) is 2.96. The third-order valence-electron chi connectivity index (χ3n) is 2.67. The molecule has 1 aromatic rings. The third kappa shape index (κ3) is 9.73. The molecule has 0 radical (unpaired) electrons. The number of rotatable bonds is 7. The highest BCUT2D eigenvalue weighted by Gasteiger charge is 2.08. The third-order valence-corrected chi connectivity index (χ3v) is 2.67. The molecule has 6 nitrogen and oxygen atoms in total. The van der Waals surface area contributed by atoms with Crippen molar-refractivity contribution in [1.29, 1.82) is 0 Å². The molecule has 0 fully saturated rings. The Hall–Kier alpha value is -3.15. The lowest BCUT2D eigenvalue weighted by molar-refractivity contribution is -0.140. The van der Waals surface area contributed by atoms with Crippen molar-refractivity contribution >= 4 is 17.9 Å². The molecule has 0 unspecified atom stereocenters. The lowest BCUT2D eigenvalue weighted by Gasteiger charge is -2.05. The van der Waals surface area contributed by atoms with Gasteiger partial charge in [0.1, 0.15) is 6.61 Å². The number of allylic oxidation sites excluding steroid dienone is 1. The second-order valence-electron chi connectivity index (χ2n) is 4.60. The standard InChI is InChI=1S/C15H16O4.C3H4O2/c1-11(14(16)17)8-9-12(2)15(18)19-10-13-6-4-3-5-7-13;1-2-3(4)5/h3-8H,2,9-10H2,1H3,(H,16,17);2H,1H2,(H,4,5). The Morgan fingerprint density at radius 2 is 1.71 bits per heavy atom. The van der Waals surface area contributed by atoms with Crippen LogP contribution in [-0.4, -0.2) is 28.1 Å². The van der Waals surface area contributed by atoms with Crippen LogP contribution in [0.25, 0.3) is 0 Å². The van der Waals surface area contributed by atoms with Gasteiger partial charge in [-0.05, 0) is 18.9 Å². The van der Waals surface area contributed by atoms with Crippen LogP contribution < -0.4 is 0 Å². The van der Waals surface area contributed by atoms with Crippen molar-refractivity contribution in [3.63, 3.8) is 0 Å². The number of hydrogen-bond acceptors (Lipinski definition) is 4. The van der Waals surface area contributed by atoms with E-state index in [2.05, 4.69) is 13.2 Å². The van der Waals surface area contributed by atoms with Crippen LogP contribution in [0.5, 0.6) is 0 Å². The van der Waals surface area contributed by atoms with Gasteiger partial charge in [0.05, 0.1) is 0 Å². The number of carboxylic acid groups (broad SMARTS) is 2. The van der Waals surface area contributed by atoms with E-state index in [0.717, 1.165) is 11.6 Å². The van der Waals surface area contributed by atoms with Gasteiger partial charge in [-0.3, -0.25) is 0 Å². The topological polar surface area (TPSA) is 101 Å². The summed E-state index contributed by atoms with van der Waals surface area (Å²) in [5.74, 6) is -2.51. The highest BCUT2D eigenvalue weighted by atomic mass is 16.5. The number of aliphatic carboxylic acids is 2. The predicted molar refractivity (Wildman–Crippen MR) is 89.2 cm³/mol. The SMILES string of the molecule is C=C(CC=C(C)C(=O)O)C(=O)OCc1ccccc1.C=CC(=O)O. The van der Waals surface area contributed by atoms with Crippen LogP contribution >= 0.6 is 0 Å². The molecule has 0 aliphatic carbocycles. The molecule has 2 N–H and O–H groups in total. The molecule has 128 valence electrons. The van der Waals surface area contributed by atoms with E-state index in [9.17, 15) is 14.4 Å². The summed E-state index contributed by atoms with van der Waals surface area (Å²) in [6.45, 7) is 8.19. The minimum absolute atomic E-state index is 0.172. The average molecular weight is 332 g/mol. The van der Waals surface area contributed by atoms with Crippen molar-refractivity contribution in [3.05, 3.63) is 72.4 Å². The van der Waals surface area contributed by atoms with E-state index in [-0.39, 0.29) is 24.2 Å². The Bertz CT molecular complexity index is 628. The molecule has 0 saturated carbocycles. The molecule has 0 bridgehead atoms. The summed E-state index contributed by atoms with van der Waals surface area (Å²) in [6.07, 6.45) is 2.44. The van der Waals surface area contributed by atoms with Gasteiger partial charge in [-0.2, -0.15) is 0 Å². The maximum Gasteiger partial charge on any atom is 0.334 e. The van der Waals surface area contributed by atoms with Crippen molar-refractivity contribution in [1.82, 2.24) is 0 Å². The molecule has 0 aromatic heterocycles. The molecular weight excluding hydrogens is 312 g/mol. The zero-order valence-corrected chi connectivity index (χ0v) is 13.4. The molecule has 0 aliphatic heterocycles. The first kappa shape index (κ1) is 20.9. The molecule has 1 rings (SSSR count). The first-order valence-electron chi connectivity index (χ1n) is 6.92. The van der Waals surface area contributed by atoms with Gasteiger partial charge in [0.25, 0.3) is 0 Å². The van der Waals surface area contributed by atoms with E-state index >= 15 is 0 Å². The number of carboxylic acids is 2. The Labute approximate surface area is 140 Å². The van der Waals surface area contributed by atoms with Crippen molar-refractivity contribution in [2.24, 2.45) is 0 Å². The van der Waals surface area contributed by atoms with E-state index in [1.807, 2.05) is 30.3 Å². The minimum atomic E-state index is -1.01. The van der Waals surface area contributed by atoms with Gasteiger partial charge in [0, 0.05) is 17.2 Å². The Balaban J connectivity index is 0.000000922. The van der Waals surface area contributed by atoms with Crippen LogP contribution in [0.1, 0.15) is 18.9 Å². The monoisotopic (exact) mass is 332 g/mol. The number of hydrogen-bond donors (Lipinski definition) is 2. The summed E-state index contributed by atoms with van der Waals surface area (Å²) in [5, 5.41) is 16.3. The molecule has 0 aliphatic rings. The summed E-state index contributed by atoms with van der Waals surface area (Å²) < 4.78 is 5.07. The number of carbonyl (C=O) groups is 3. The summed E-state index contributed by atoms with van der Waals surface area (Å²) >= 11 is 0. The number of ether oxygens (including phenoxy) is 1. The highest BCUT2D eigenvalue weighted by Crippen LogP contribution is 2.08. The smallest absolute Gasteiger partial charge is 0.334 e. The Kier molecular flexibility index (Phi) is 9.92. The summed E-state index contributed by atoms with van der Waals surface area (Å²) in [4.78, 5) is 31.4. The molecule has 24 heavy (non-hydrogen) atoms. The maximum absolute atomic E-state index is 11.6. The van der Waals surface area contributed by atoms with Crippen LogP contribution in [0.2, 0.25) is 0 Å². The number of esters is 1. The van der Waals surface area contributed by atoms with Crippen LogP contribution in [0, 0.1) is 0 Å². The fraction of sp³-hybridized carbons (Fsp3) is 0.167. The van der Waals surface area contributed by atoms with Crippen LogP contribution in [0.4, 0.5) is 0 Å². The second-order valence-corrected chi connectivity index (χ2v) is 4.60. The van der Waals surface area contributed by atoms with Gasteiger partial charge in [0.15, 0.2) is 0 Å². The van der Waals surface area contributed by atoms with Gasteiger partial charge >= 0.3 is 17.9 Å². The van der Waals surface area contributed by atoms with Crippen molar-refractivity contribution in [2.45, 2.75) is 20.0 Å².